The van der Waals surface area contributed by atoms with Crippen LogP contribution in [0.5, 0.6) is 5.75 Å². The van der Waals surface area contributed by atoms with Crippen LogP contribution >= 0.6 is 11.3 Å². The van der Waals surface area contributed by atoms with E-state index < -0.39 is 0 Å². The number of hydrogen-bond donors (Lipinski definition) is 1. The zero-order chi connectivity index (χ0) is 26.5. The topological polar surface area (TPSA) is 61.9 Å². The van der Waals surface area contributed by atoms with Crippen molar-refractivity contribution in [2.75, 3.05) is 26.2 Å². The molecule has 0 saturated carbocycles. The van der Waals surface area contributed by atoms with Gasteiger partial charge in [0, 0.05) is 23.5 Å². The van der Waals surface area contributed by atoms with Gasteiger partial charge in [0.05, 0.1) is 6.04 Å². The molecule has 0 radical (unpaired) electrons. The maximum atomic E-state index is 13.6. The SMILES string of the molecule is CC(C)CCN(CC(=O)N1CCc2sccc2C1COc1ccc(C(C)C)cc1)C(=O)NC(C)(C)C. The molecule has 0 bridgehead atoms. The van der Waals surface area contributed by atoms with Crippen molar-refractivity contribution in [3.8, 4) is 5.75 Å². The van der Waals surface area contributed by atoms with Gasteiger partial charge in [-0.3, -0.25) is 4.79 Å². The molecule has 1 atom stereocenters. The summed E-state index contributed by atoms with van der Waals surface area (Å²) in [6.45, 7) is 16.1. The van der Waals surface area contributed by atoms with Gasteiger partial charge in [-0.1, -0.05) is 39.8 Å². The molecule has 6 nitrogen and oxygen atoms in total. The summed E-state index contributed by atoms with van der Waals surface area (Å²) >= 11 is 1.74. The number of fused-ring (bicyclic) bond motifs is 1. The van der Waals surface area contributed by atoms with E-state index in [9.17, 15) is 9.59 Å². The predicted molar refractivity (Wildman–Crippen MR) is 148 cm³/mol. The molecule has 3 amide bonds. The monoisotopic (exact) mass is 513 g/mol. The Hall–Kier alpha value is -2.54. The van der Waals surface area contributed by atoms with Crippen LogP contribution in [0.4, 0.5) is 4.79 Å². The minimum absolute atomic E-state index is 0.0385. The van der Waals surface area contributed by atoms with Crippen LogP contribution in [0.2, 0.25) is 0 Å². The maximum Gasteiger partial charge on any atom is 0.318 e. The average molecular weight is 514 g/mol. The molecule has 1 unspecified atom stereocenters. The van der Waals surface area contributed by atoms with E-state index in [1.165, 1.54) is 10.4 Å². The van der Waals surface area contributed by atoms with E-state index in [0.29, 0.717) is 31.5 Å². The smallest absolute Gasteiger partial charge is 0.318 e. The highest BCUT2D eigenvalue weighted by molar-refractivity contribution is 7.10. The summed E-state index contributed by atoms with van der Waals surface area (Å²) in [7, 11) is 0. The van der Waals surface area contributed by atoms with Crippen molar-refractivity contribution in [3.05, 3.63) is 51.7 Å². The molecular weight excluding hydrogens is 470 g/mol. The number of rotatable bonds is 9. The van der Waals surface area contributed by atoms with Crippen molar-refractivity contribution in [3.63, 3.8) is 0 Å². The van der Waals surface area contributed by atoms with Gasteiger partial charge in [0.25, 0.3) is 0 Å². The summed E-state index contributed by atoms with van der Waals surface area (Å²) in [5.74, 6) is 1.67. The Morgan fingerprint density at radius 2 is 1.83 bits per heavy atom. The van der Waals surface area contributed by atoms with Crippen LogP contribution in [0.15, 0.2) is 35.7 Å². The second-order valence-electron chi connectivity index (χ2n) is 11.5. The number of hydrogen-bond acceptors (Lipinski definition) is 4. The van der Waals surface area contributed by atoms with Crippen LogP contribution in [-0.2, 0) is 11.2 Å². The molecule has 0 aliphatic carbocycles. The molecule has 1 aromatic heterocycles. The number of benzene rings is 1. The number of nitrogens with one attached hydrogen (secondary N) is 1. The summed E-state index contributed by atoms with van der Waals surface area (Å²) in [4.78, 5) is 31.6. The number of ether oxygens (including phenoxy) is 1. The van der Waals surface area contributed by atoms with E-state index in [2.05, 4.69) is 56.6 Å². The van der Waals surface area contributed by atoms with Crippen molar-refractivity contribution in [2.45, 2.75) is 78.8 Å². The normalized spacial score (nSPS) is 15.7. The van der Waals surface area contributed by atoms with E-state index in [-0.39, 0.29) is 30.1 Å². The van der Waals surface area contributed by atoms with Crippen LogP contribution in [-0.4, -0.2) is 53.5 Å². The molecule has 1 N–H and O–H groups in total. The molecule has 36 heavy (non-hydrogen) atoms. The number of carbonyl (C=O) groups excluding carboxylic acids is 2. The van der Waals surface area contributed by atoms with Crippen molar-refractivity contribution >= 4 is 23.3 Å². The lowest BCUT2D eigenvalue weighted by atomic mass is 10.00. The second-order valence-corrected chi connectivity index (χ2v) is 12.5. The minimum Gasteiger partial charge on any atom is -0.491 e. The Morgan fingerprint density at radius 1 is 1.14 bits per heavy atom. The number of nitrogens with zero attached hydrogens (tertiary/aromatic N) is 2. The van der Waals surface area contributed by atoms with Gasteiger partial charge in [-0.15, -0.1) is 11.3 Å². The van der Waals surface area contributed by atoms with Gasteiger partial charge in [0.1, 0.15) is 18.9 Å². The molecule has 2 heterocycles. The highest BCUT2D eigenvalue weighted by Crippen LogP contribution is 2.34. The Kier molecular flexibility index (Phi) is 9.45. The number of urea groups is 1. The second kappa shape index (κ2) is 12.1. The minimum atomic E-state index is -0.367. The average Bonchev–Trinajstić information content (AvgIpc) is 3.28. The molecule has 0 saturated heterocycles. The quantitative estimate of drug-likeness (QED) is 0.432. The molecule has 0 fully saturated rings. The third-order valence-corrected chi connectivity index (χ3v) is 7.44. The number of thiophene rings is 1. The number of amides is 3. The first-order chi connectivity index (χ1) is 16.9. The van der Waals surface area contributed by atoms with Crippen molar-refractivity contribution in [1.82, 2.24) is 15.1 Å². The molecule has 7 heteroatoms. The van der Waals surface area contributed by atoms with Crippen molar-refractivity contribution in [2.24, 2.45) is 5.92 Å². The van der Waals surface area contributed by atoms with Gasteiger partial charge in [-0.2, -0.15) is 0 Å². The molecule has 198 valence electrons. The summed E-state index contributed by atoms with van der Waals surface area (Å²) in [5.41, 5.74) is 2.06. The predicted octanol–water partition coefficient (Wildman–Crippen LogP) is 6.23. The van der Waals surface area contributed by atoms with Crippen molar-refractivity contribution < 1.29 is 14.3 Å². The third kappa shape index (κ3) is 7.73. The molecule has 1 aliphatic rings. The fourth-order valence-corrected chi connectivity index (χ4v) is 5.25. The third-order valence-electron chi connectivity index (χ3n) is 6.44. The first kappa shape index (κ1) is 28.0. The highest BCUT2D eigenvalue weighted by atomic mass is 32.1. The first-order valence-electron chi connectivity index (χ1n) is 13.1. The summed E-state index contributed by atoms with van der Waals surface area (Å²) in [6.07, 6.45) is 1.68. The first-order valence-corrected chi connectivity index (χ1v) is 14.0. The lowest BCUT2D eigenvalue weighted by Crippen LogP contribution is -2.53. The van der Waals surface area contributed by atoms with E-state index in [0.717, 1.165) is 24.2 Å². The van der Waals surface area contributed by atoms with Gasteiger partial charge >= 0.3 is 6.03 Å². The van der Waals surface area contributed by atoms with Gasteiger partial charge < -0.3 is 19.9 Å². The fourth-order valence-electron chi connectivity index (χ4n) is 4.32. The molecule has 2 aromatic rings. The van der Waals surface area contributed by atoms with Crippen molar-refractivity contribution in [1.29, 1.82) is 0 Å². The Bertz CT molecular complexity index is 1010. The fraction of sp³-hybridized carbons (Fsp3) is 0.586. The van der Waals surface area contributed by atoms with Gasteiger partial charge in [-0.05, 0) is 80.2 Å². The molecule has 0 spiro atoms. The van der Waals surface area contributed by atoms with Crippen LogP contribution < -0.4 is 10.1 Å². The largest absolute Gasteiger partial charge is 0.491 e. The molecule has 1 aromatic carbocycles. The lowest BCUT2D eigenvalue weighted by molar-refractivity contribution is -0.135. The Labute approximate surface area is 221 Å². The standard InChI is InChI=1S/C29H43N3O3S/c1-20(2)12-15-31(28(34)30-29(5,6)7)18-27(33)32-16-13-26-24(14-17-36-26)25(32)19-35-23-10-8-22(9-11-23)21(3)4/h8-11,14,17,20-21,25H,12-13,15-16,18-19H2,1-7H3,(H,30,34). The van der Waals surface area contributed by atoms with E-state index in [1.54, 1.807) is 16.2 Å². The summed E-state index contributed by atoms with van der Waals surface area (Å²) in [6, 6.07) is 9.95. The zero-order valence-electron chi connectivity index (χ0n) is 23.0. The number of carbonyl (C=O) groups is 2. The lowest BCUT2D eigenvalue weighted by Gasteiger charge is -2.37. The maximum absolute atomic E-state index is 13.6. The van der Waals surface area contributed by atoms with Crippen LogP contribution in [0.1, 0.15) is 82.9 Å². The van der Waals surface area contributed by atoms with E-state index >= 15 is 0 Å². The summed E-state index contributed by atoms with van der Waals surface area (Å²) < 4.78 is 6.20. The van der Waals surface area contributed by atoms with Crippen LogP contribution in [0, 0.1) is 5.92 Å². The van der Waals surface area contributed by atoms with Gasteiger partial charge in [0.2, 0.25) is 5.91 Å². The van der Waals surface area contributed by atoms with E-state index in [1.807, 2.05) is 37.8 Å². The Balaban J connectivity index is 1.75. The summed E-state index contributed by atoms with van der Waals surface area (Å²) in [5, 5.41) is 5.12. The van der Waals surface area contributed by atoms with E-state index in [4.69, 9.17) is 4.74 Å². The molecule has 1 aliphatic heterocycles. The van der Waals surface area contributed by atoms with Gasteiger partial charge in [0.15, 0.2) is 0 Å². The Morgan fingerprint density at radius 3 is 2.44 bits per heavy atom. The van der Waals surface area contributed by atoms with Gasteiger partial charge in [-0.25, -0.2) is 4.79 Å². The molecule has 3 rings (SSSR count). The van der Waals surface area contributed by atoms with Crippen LogP contribution in [0.25, 0.3) is 0 Å². The zero-order valence-corrected chi connectivity index (χ0v) is 23.8. The molecular formula is C29H43N3O3S. The van der Waals surface area contributed by atoms with Crippen LogP contribution in [0.3, 0.4) is 0 Å². The highest BCUT2D eigenvalue weighted by Gasteiger charge is 2.34.